The summed E-state index contributed by atoms with van der Waals surface area (Å²) in [4.78, 5) is 23.0. The number of fused-ring (bicyclic) bond motifs is 5. The number of allylic oxidation sites excluding steroid dienone is 2. The molecule has 0 unspecified atom stereocenters. The molecular formula is C28H45N3O3. The van der Waals surface area contributed by atoms with Crippen LogP contribution in [0.15, 0.2) is 16.8 Å². The number of hydrazone groups is 1. The normalized spacial score (nSPS) is 40.4. The van der Waals surface area contributed by atoms with Gasteiger partial charge in [0.2, 0.25) is 0 Å². The van der Waals surface area contributed by atoms with E-state index in [1.165, 1.54) is 38.4 Å². The van der Waals surface area contributed by atoms with Gasteiger partial charge in [-0.15, -0.1) is 0 Å². The summed E-state index contributed by atoms with van der Waals surface area (Å²) in [7, 11) is 1.49. The summed E-state index contributed by atoms with van der Waals surface area (Å²) < 4.78 is 4.90. The van der Waals surface area contributed by atoms with Gasteiger partial charge in [-0.25, -0.2) is 10.2 Å². The Bertz CT molecular complexity index is 893. The zero-order valence-corrected chi connectivity index (χ0v) is 22.1. The molecule has 3 N–H and O–H groups in total. The second-order valence-corrected chi connectivity index (χ2v) is 12.6. The van der Waals surface area contributed by atoms with Gasteiger partial charge in [0.05, 0.1) is 7.11 Å². The molecule has 3 fully saturated rings. The van der Waals surface area contributed by atoms with E-state index in [0.29, 0.717) is 29.6 Å². The van der Waals surface area contributed by atoms with Gasteiger partial charge in [0, 0.05) is 17.5 Å². The number of primary amides is 1. The number of esters is 1. The standard InChI is InChI=1S/C28H45N3O3/c1-17(7-12-24(32)34-6)19-9-10-20-18-8-11-22-26(2,3)23(30-31-25(29)33)14-16-28(22,5)21(18)13-15-27(19,20)4/h11,17-21H,7-10,12-16H2,1-6H3,(H3,29,31,33)/b30-23+/t17-,18+,19-,20+,21+,27-,28-/m1/s1. The van der Waals surface area contributed by atoms with E-state index in [9.17, 15) is 9.59 Å². The van der Waals surface area contributed by atoms with Crippen molar-refractivity contribution in [3.05, 3.63) is 11.6 Å². The Balaban J connectivity index is 1.56. The molecule has 0 bridgehead atoms. The first kappa shape index (κ1) is 25.2. The molecule has 0 radical (unpaired) electrons. The summed E-state index contributed by atoms with van der Waals surface area (Å²) in [6.07, 6.45) is 12.3. The molecule has 34 heavy (non-hydrogen) atoms. The maximum Gasteiger partial charge on any atom is 0.332 e. The van der Waals surface area contributed by atoms with E-state index in [4.69, 9.17) is 10.5 Å². The lowest BCUT2D eigenvalue weighted by atomic mass is 9.44. The quantitative estimate of drug-likeness (QED) is 0.301. The lowest BCUT2D eigenvalue weighted by Gasteiger charge is -2.60. The van der Waals surface area contributed by atoms with E-state index in [-0.39, 0.29) is 16.8 Å². The first-order chi connectivity index (χ1) is 15.9. The number of methoxy groups -OCH3 is 1. The van der Waals surface area contributed by atoms with Crippen LogP contribution in [0.25, 0.3) is 0 Å². The Morgan fingerprint density at radius 3 is 2.59 bits per heavy atom. The Labute approximate surface area is 205 Å². The van der Waals surface area contributed by atoms with Gasteiger partial charge in [-0.05, 0) is 91.8 Å². The maximum absolute atomic E-state index is 11.7. The van der Waals surface area contributed by atoms with Crippen LogP contribution in [-0.4, -0.2) is 24.8 Å². The van der Waals surface area contributed by atoms with Crippen molar-refractivity contribution in [1.29, 1.82) is 0 Å². The molecule has 0 aliphatic heterocycles. The zero-order chi connectivity index (χ0) is 24.9. The molecular weight excluding hydrogens is 426 g/mol. The molecule has 0 aromatic carbocycles. The van der Waals surface area contributed by atoms with Crippen molar-refractivity contribution in [2.24, 2.45) is 56.7 Å². The number of hydrogen-bond acceptors (Lipinski definition) is 4. The fourth-order valence-corrected chi connectivity index (χ4v) is 9.17. The fraction of sp³-hybridized carbons (Fsp3) is 0.821. The van der Waals surface area contributed by atoms with Gasteiger partial charge in [-0.3, -0.25) is 4.79 Å². The number of ether oxygens (including phenoxy) is 1. The van der Waals surface area contributed by atoms with Crippen molar-refractivity contribution >= 4 is 17.7 Å². The number of nitrogens with zero attached hydrogens (tertiary/aromatic N) is 1. The van der Waals surface area contributed by atoms with E-state index >= 15 is 0 Å². The van der Waals surface area contributed by atoms with Crippen LogP contribution in [0.1, 0.15) is 92.4 Å². The smallest absolute Gasteiger partial charge is 0.332 e. The minimum absolute atomic E-state index is 0.0815. The van der Waals surface area contributed by atoms with Crippen molar-refractivity contribution in [1.82, 2.24) is 5.43 Å². The summed E-state index contributed by atoms with van der Waals surface area (Å²) >= 11 is 0. The predicted octanol–water partition coefficient (Wildman–Crippen LogP) is 5.82. The van der Waals surface area contributed by atoms with Crippen LogP contribution >= 0.6 is 0 Å². The van der Waals surface area contributed by atoms with Crippen LogP contribution in [0.5, 0.6) is 0 Å². The number of amides is 2. The van der Waals surface area contributed by atoms with Crippen LogP contribution in [0.3, 0.4) is 0 Å². The van der Waals surface area contributed by atoms with E-state index in [1.807, 2.05) is 0 Å². The molecule has 190 valence electrons. The first-order valence-corrected chi connectivity index (χ1v) is 13.4. The highest BCUT2D eigenvalue weighted by Crippen LogP contribution is 2.68. The lowest BCUT2D eigenvalue weighted by molar-refractivity contribution is -0.141. The molecule has 0 saturated heterocycles. The highest BCUT2D eigenvalue weighted by Gasteiger charge is 2.60. The van der Waals surface area contributed by atoms with Gasteiger partial charge in [-0.2, -0.15) is 5.10 Å². The van der Waals surface area contributed by atoms with E-state index in [0.717, 1.165) is 43.2 Å². The fourth-order valence-electron chi connectivity index (χ4n) is 9.17. The Morgan fingerprint density at radius 2 is 1.91 bits per heavy atom. The third-order valence-electron chi connectivity index (χ3n) is 10.8. The van der Waals surface area contributed by atoms with Crippen molar-refractivity contribution in [2.75, 3.05) is 7.11 Å². The number of carbonyl (C=O) groups is 2. The van der Waals surface area contributed by atoms with Crippen molar-refractivity contribution in [3.63, 3.8) is 0 Å². The minimum atomic E-state index is -0.600. The Morgan fingerprint density at radius 1 is 1.18 bits per heavy atom. The molecule has 0 heterocycles. The largest absolute Gasteiger partial charge is 0.469 e. The van der Waals surface area contributed by atoms with Crippen LogP contribution < -0.4 is 11.2 Å². The summed E-state index contributed by atoms with van der Waals surface area (Å²) in [5.74, 6) is 3.38. The van der Waals surface area contributed by atoms with E-state index in [2.05, 4.69) is 51.2 Å². The molecule has 6 nitrogen and oxygen atoms in total. The van der Waals surface area contributed by atoms with Gasteiger partial charge >= 0.3 is 12.0 Å². The number of nitrogens with two attached hydrogens (primary N) is 1. The highest BCUT2D eigenvalue weighted by molar-refractivity contribution is 5.94. The molecule has 0 aromatic heterocycles. The van der Waals surface area contributed by atoms with Gasteiger partial charge in [0.1, 0.15) is 0 Å². The minimum Gasteiger partial charge on any atom is -0.469 e. The molecule has 0 spiro atoms. The molecule has 7 atom stereocenters. The first-order valence-electron chi connectivity index (χ1n) is 13.4. The maximum atomic E-state index is 11.7. The topological polar surface area (TPSA) is 93.8 Å². The number of urea groups is 1. The van der Waals surface area contributed by atoms with E-state index in [1.54, 1.807) is 0 Å². The third kappa shape index (κ3) is 3.99. The SMILES string of the molecule is COC(=O)CC[C@@H](C)[C@H]1CC[C@H]2[C@@H]3CC=C4C(C)(C)/C(=N/NC(N)=O)CC[C@]4(C)[C@H]3CC[C@]12C. The van der Waals surface area contributed by atoms with E-state index < -0.39 is 6.03 Å². The molecule has 2 amide bonds. The average Bonchev–Trinajstić information content (AvgIpc) is 3.13. The van der Waals surface area contributed by atoms with Crippen LogP contribution in [0.2, 0.25) is 0 Å². The summed E-state index contributed by atoms with van der Waals surface area (Å²) in [6, 6.07) is -0.600. The van der Waals surface area contributed by atoms with Crippen LogP contribution in [0, 0.1) is 45.8 Å². The molecule has 4 aliphatic rings. The second kappa shape index (κ2) is 8.98. The Kier molecular flexibility index (Phi) is 6.67. The monoisotopic (exact) mass is 471 g/mol. The van der Waals surface area contributed by atoms with Gasteiger partial charge in [0.15, 0.2) is 0 Å². The summed E-state index contributed by atoms with van der Waals surface area (Å²) in [5.41, 5.74) is 10.7. The molecule has 6 heteroatoms. The second-order valence-electron chi connectivity index (χ2n) is 12.6. The van der Waals surface area contributed by atoms with Gasteiger partial charge in [0.25, 0.3) is 0 Å². The number of hydrogen-bond donors (Lipinski definition) is 2. The molecule has 0 aromatic rings. The number of carbonyl (C=O) groups excluding carboxylic acids is 2. The van der Waals surface area contributed by atoms with Crippen LogP contribution in [0.4, 0.5) is 4.79 Å². The van der Waals surface area contributed by atoms with Gasteiger partial charge < -0.3 is 10.5 Å². The van der Waals surface area contributed by atoms with Crippen LogP contribution in [-0.2, 0) is 9.53 Å². The number of rotatable bonds is 5. The number of nitrogens with one attached hydrogen (secondary N) is 1. The highest BCUT2D eigenvalue weighted by atomic mass is 16.5. The van der Waals surface area contributed by atoms with Crippen molar-refractivity contribution in [2.45, 2.75) is 92.4 Å². The van der Waals surface area contributed by atoms with Crippen molar-refractivity contribution < 1.29 is 14.3 Å². The molecule has 3 saturated carbocycles. The third-order valence-corrected chi connectivity index (χ3v) is 10.8. The van der Waals surface area contributed by atoms with Crippen molar-refractivity contribution in [3.8, 4) is 0 Å². The predicted molar refractivity (Wildman–Crippen MR) is 135 cm³/mol. The molecule has 4 aliphatic carbocycles. The zero-order valence-electron chi connectivity index (χ0n) is 22.1. The summed E-state index contributed by atoms with van der Waals surface area (Å²) in [6.45, 7) is 12.0. The lowest BCUT2D eigenvalue weighted by Crippen LogP contribution is -2.54. The average molecular weight is 472 g/mol. The summed E-state index contributed by atoms with van der Waals surface area (Å²) in [5, 5.41) is 4.41. The molecule has 4 rings (SSSR count). The Hall–Kier alpha value is -1.85. The van der Waals surface area contributed by atoms with Gasteiger partial charge in [-0.1, -0.05) is 46.3 Å².